The molecule has 12 heavy (non-hydrogen) atoms. The summed E-state index contributed by atoms with van der Waals surface area (Å²) >= 11 is 0. The topological polar surface area (TPSA) is 0 Å². The molecule has 0 amide bonds. The van der Waals surface area contributed by atoms with Gasteiger partial charge in [-0.2, -0.15) is 11.8 Å². The van der Waals surface area contributed by atoms with Crippen molar-refractivity contribution in [3.8, 4) is 0 Å². The number of hydrogen-bond acceptors (Lipinski definition) is 0. The van der Waals surface area contributed by atoms with Crippen LogP contribution in [0.2, 0.25) is 0 Å². The van der Waals surface area contributed by atoms with Gasteiger partial charge >= 0.3 is 0 Å². The first-order valence-electron chi connectivity index (χ1n) is 4.91. The second-order valence-electron chi connectivity index (χ2n) is 4.01. The third-order valence-corrected chi connectivity index (χ3v) is 2.98. The van der Waals surface area contributed by atoms with E-state index in [1.165, 1.54) is 19.3 Å². The van der Waals surface area contributed by atoms with E-state index in [-0.39, 0.29) is 26.2 Å². The molecule has 0 aliphatic carbocycles. The van der Waals surface area contributed by atoms with Gasteiger partial charge in [-0.1, -0.05) is 53.4 Å². The van der Waals surface area contributed by atoms with E-state index in [9.17, 15) is 0 Å². The van der Waals surface area contributed by atoms with Gasteiger partial charge < -0.3 is 6.42 Å². The van der Waals surface area contributed by atoms with E-state index in [4.69, 9.17) is 0 Å². The van der Waals surface area contributed by atoms with E-state index in [1.807, 2.05) is 0 Å². The number of hydrogen-bond donors (Lipinski definition) is 0. The maximum absolute atomic E-state index is 2.50. The molecule has 0 bridgehead atoms. The van der Waals surface area contributed by atoms with Crippen LogP contribution < -0.4 is 0 Å². The van der Waals surface area contributed by atoms with E-state index in [0.29, 0.717) is 5.41 Å². The van der Waals surface area contributed by atoms with Gasteiger partial charge in [0.05, 0.1) is 0 Å². The Kier molecular flexibility index (Phi) is 9.35. The van der Waals surface area contributed by atoms with Crippen molar-refractivity contribution >= 4 is 0 Å². The smallest absolute Gasteiger partial charge is 0 e. The first-order chi connectivity index (χ1) is 5.06. The molecule has 0 rings (SSSR count). The standard InChI is InChI=1S/C11H23.Zr/c1-6-8-9-11(5,7-2)10(3)4;/h9-10H,6-8H2,1-5H3;/q-1;. The fraction of sp³-hybridized carbons (Fsp3) is 0.909. The Bertz CT molecular complexity index is 99.2. The Balaban J connectivity index is 0. The van der Waals surface area contributed by atoms with Crippen molar-refractivity contribution in [1.29, 1.82) is 0 Å². The molecular formula is C11H23Zr-. The normalized spacial score (nSPS) is 15.5. The van der Waals surface area contributed by atoms with Crippen molar-refractivity contribution in [2.75, 3.05) is 0 Å². The van der Waals surface area contributed by atoms with Crippen LogP contribution in [-0.4, -0.2) is 0 Å². The molecule has 0 aromatic heterocycles. The van der Waals surface area contributed by atoms with Crippen LogP contribution in [0.4, 0.5) is 0 Å². The average Bonchev–Trinajstić information content (AvgIpc) is 2.00. The van der Waals surface area contributed by atoms with Crippen LogP contribution in [0.1, 0.15) is 53.9 Å². The summed E-state index contributed by atoms with van der Waals surface area (Å²) in [5, 5.41) is 0. The average molecular weight is 247 g/mol. The molecule has 1 heteroatoms. The van der Waals surface area contributed by atoms with Crippen molar-refractivity contribution in [3.63, 3.8) is 0 Å². The van der Waals surface area contributed by atoms with E-state index in [2.05, 4.69) is 41.0 Å². The molecule has 0 nitrogen and oxygen atoms in total. The molecule has 0 saturated carbocycles. The zero-order chi connectivity index (χ0) is 8.91. The molecule has 0 fully saturated rings. The van der Waals surface area contributed by atoms with Crippen LogP contribution in [0, 0.1) is 17.8 Å². The summed E-state index contributed by atoms with van der Waals surface area (Å²) in [4.78, 5) is 0. The molecule has 1 unspecified atom stereocenters. The van der Waals surface area contributed by atoms with Crippen LogP contribution >= 0.6 is 0 Å². The van der Waals surface area contributed by atoms with Gasteiger partial charge in [0.2, 0.25) is 0 Å². The first-order valence-corrected chi connectivity index (χ1v) is 4.91. The van der Waals surface area contributed by atoms with Crippen molar-refractivity contribution in [1.82, 2.24) is 0 Å². The van der Waals surface area contributed by atoms with E-state index in [0.717, 1.165) is 5.92 Å². The summed E-state index contributed by atoms with van der Waals surface area (Å²) in [5.74, 6) is 0.777. The molecule has 0 aliphatic heterocycles. The number of rotatable bonds is 5. The zero-order valence-corrected chi connectivity index (χ0v) is 11.7. The summed E-state index contributed by atoms with van der Waals surface area (Å²) in [5.41, 5.74) is 0.468. The van der Waals surface area contributed by atoms with Gasteiger partial charge in [-0.3, -0.25) is 0 Å². The molecule has 0 spiro atoms. The van der Waals surface area contributed by atoms with E-state index in [1.54, 1.807) is 0 Å². The van der Waals surface area contributed by atoms with Crippen LogP contribution in [0.3, 0.4) is 0 Å². The largest absolute Gasteiger partial charge is 0.322 e. The fourth-order valence-corrected chi connectivity index (χ4v) is 1.26. The molecular weight excluding hydrogens is 223 g/mol. The molecule has 0 aromatic carbocycles. The van der Waals surface area contributed by atoms with E-state index < -0.39 is 0 Å². The van der Waals surface area contributed by atoms with Gasteiger partial charge in [0.1, 0.15) is 0 Å². The van der Waals surface area contributed by atoms with Crippen LogP contribution in [0.5, 0.6) is 0 Å². The van der Waals surface area contributed by atoms with Gasteiger partial charge in [0, 0.05) is 26.2 Å². The maximum atomic E-state index is 2.50. The predicted molar refractivity (Wildman–Crippen MR) is 52.4 cm³/mol. The van der Waals surface area contributed by atoms with Crippen LogP contribution in [0.15, 0.2) is 0 Å². The Hall–Kier alpha value is 0.883. The van der Waals surface area contributed by atoms with E-state index >= 15 is 0 Å². The van der Waals surface area contributed by atoms with Crippen molar-refractivity contribution < 1.29 is 26.2 Å². The SMILES string of the molecule is CCC[CH-]C(C)(CC)C(C)C.[Zr]. The summed E-state index contributed by atoms with van der Waals surface area (Å²) in [6, 6.07) is 0. The predicted octanol–water partition coefficient (Wildman–Crippen LogP) is 4.06. The second-order valence-corrected chi connectivity index (χ2v) is 4.01. The summed E-state index contributed by atoms with van der Waals surface area (Å²) in [6.07, 6.45) is 6.31. The molecule has 72 valence electrons. The third kappa shape index (κ3) is 4.80. The van der Waals surface area contributed by atoms with Gasteiger partial charge in [-0.05, 0) is 0 Å². The maximum Gasteiger partial charge on any atom is 0 e. The molecule has 1 atom stereocenters. The van der Waals surface area contributed by atoms with Gasteiger partial charge in [0.15, 0.2) is 0 Å². The summed E-state index contributed by atoms with van der Waals surface area (Å²) < 4.78 is 0. The fourth-order valence-electron chi connectivity index (χ4n) is 1.26. The molecule has 0 N–H and O–H groups in total. The molecule has 0 aromatic rings. The minimum Gasteiger partial charge on any atom is -0.322 e. The minimum absolute atomic E-state index is 0. The Labute approximate surface area is 97.6 Å². The zero-order valence-electron chi connectivity index (χ0n) is 9.28. The first kappa shape index (κ1) is 15.4. The van der Waals surface area contributed by atoms with Gasteiger partial charge in [0.25, 0.3) is 0 Å². The minimum atomic E-state index is 0. The van der Waals surface area contributed by atoms with Gasteiger partial charge in [-0.15, -0.1) is 0 Å². The quantitative estimate of drug-likeness (QED) is 0.642. The molecule has 0 saturated heterocycles. The summed E-state index contributed by atoms with van der Waals surface area (Å²) in [7, 11) is 0. The molecule has 0 aliphatic rings. The second kappa shape index (κ2) is 7.30. The molecule has 0 heterocycles. The van der Waals surface area contributed by atoms with Crippen molar-refractivity contribution in [3.05, 3.63) is 6.42 Å². The van der Waals surface area contributed by atoms with Crippen LogP contribution in [-0.2, 0) is 26.2 Å². The third-order valence-electron chi connectivity index (χ3n) is 2.98. The monoisotopic (exact) mass is 245 g/mol. The van der Waals surface area contributed by atoms with Gasteiger partial charge in [-0.25, -0.2) is 0 Å². The Morgan fingerprint density at radius 1 is 1.25 bits per heavy atom. The summed E-state index contributed by atoms with van der Waals surface area (Å²) in [6.45, 7) is 11.5. The Morgan fingerprint density at radius 3 is 2.00 bits per heavy atom. The Morgan fingerprint density at radius 2 is 1.75 bits per heavy atom. The molecule has 0 radical (unpaired) electrons. The number of unbranched alkanes of at least 4 members (excludes halogenated alkanes) is 1. The van der Waals surface area contributed by atoms with Crippen molar-refractivity contribution in [2.24, 2.45) is 11.3 Å². The van der Waals surface area contributed by atoms with Crippen molar-refractivity contribution in [2.45, 2.75) is 53.9 Å². The van der Waals surface area contributed by atoms with Crippen LogP contribution in [0.25, 0.3) is 0 Å².